The highest BCUT2D eigenvalue weighted by Gasteiger charge is 2.25. The SMILES string of the molecule is COC(=O)CCS[C@@H](C(=O)c1c[nH]c2ccccc12)c1ccccc1. The molecule has 1 aromatic heterocycles. The highest BCUT2D eigenvalue weighted by Crippen LogP contribution is 2.34. The number of nitrogens with one attached hydrogen (secondary N) is 1. The Hall–Kier alpha value is -2.53. The summed E-state index contributed by atoms with van der Waals surface area (Å²) in [5.74, 6) is 0.303. The molecule has 1 atom stereocenters. The predicted molar refractivity (Wildman–Crippen MR) is 101 cm³/mol. The van der Waals surface area contributed by atoms with Crippen molar-refractivity contribution in [3.63, 3.8) is 0 Å². The maximum absolute atomic E-state index is 13.2. The minimum atomic E-state index is -0.356. The monoisotopic (exact) mass is 353 g/mol. The van der Waals surface area contributed by atoms with Crippen LogP contribution in [0.4, 0.5) is 0 Å². The zero-order valence-corrected chi connectivity index (χ0v) is 14.7. The number of thioether (sulfide) groups is 1. The Morgan fingerprint density at radius 2 is 1.80 bits per heavy atom. The van der Waals surface area contributed by atoms with Crippen molar-refractivity contribution in [3.8, 4) is 0 Å². The summed E-state index contributed by atoms with van der Waals surface area (Å²) < 4.78 is 4.69. The van der Waals surface area contributed by atoms with Gasteiger partial charge in [0.1, 0.15) is 0 Å². The van der Waals surface area contributed by atoms with Gasteiger partial charge in [0, 0.05) is 28.4 Å². The number of aromatic amines is 1. The molecule has 0 bridgehead atoms. The molecular formula is C20H19NO3S. The van der Waals surface area contributed by atoms with Gasteiger partial charge in [0.2, 0.25) is 0 Å². The number of aromatic nitrogens is 1. The average molecular weight is 353 g/mol. The van der Waals surface area contributed by atoms with E-state index in [1.54, 1.807) is 6.20 Å². The standard InChI is InChI=1S/C20H19NO3S/c1-24-18(22)11-12-25-20(14-7-3-2-4-8-14)19(23)16-13-21-17-10-6-5-9-15(16)17/h2-10,13,20-21H,11-12H2,1H3/t20-/m1/s1. The largest absolute Gasteiger partial charge is 0.469 e. The summed E-state index contributed by atoms with van der Waals surface area (Å²) in [6.45, 7) is 0. The third-order valence-electron chi connectivity index (χ3n) is 4.01. The Kier molecular flexibility index (Phi) is 5.56. The van der Waals surface area contributed by atoms with Crippen molar-refractivity contribution in [3.05, 3.63) is 71.9 Å². The van der Waals surface area contributed by atoms with Crippen LogP contribution < -0.4 is 0 Å². The Balaban J connectivity index is 1.88. The number of benzene rings is 2. The molecule has 2 aromatic carbocycles. The number of rotatable bonds is 7. The molecule has 0 radical (unpaired) electrons. The van der Waals surface area contributed by atoms with E-state index in [-0.39, 0.29) is 23.4 Å². The first-order valence-corrected chi connectivity index (χ1v) is 9.09. The van der Waals surface area contributed by atoms with Gasteiger partial charge in [-0.1, -0.05) is 48.5 Å². The molecule has 1 N–H and O–H groups in total. The van der Waals surface area contributed by atoms with E-state index in [2.05, 4.69) is 9.72 Å². The number of Topliss-reactive ketones (excluding diaryl/α,β-unsaturated/α-hetero) is 1. The van der Waals surface area contributed by atoms with E-state index < -0.39 is 0 Å². The molecule has 128 valence electrons. The molecule has 0 unspecified atom stereocenters. The lowest BCUT2D eigenvalue weighted by Gasteiger charge is -2.15. The van der Waals surface area contributed by atoms with Gasteiger partial charge in [-0.15, -0.1) is 11.8 Å². The Morgan fingerprint density at radius 1 is 1.08 bits per heavy atom. The van der Waals surface area contributed by atoms with Gasteiger partial charge in [0.15, 0.2) is 5.78 Å². The van der Waals surface area contributed by atoms with E-state index in [9.17, 15) is 9.59 Å². The summed E-state index contributed by atoms with van der Waals surface area (Å²) in [6, 6.07) is 17.4. The minimum Gasteiger partial charge on any atom is -0.469 e. The van der Waals surface area contributed by atoms with Crippen molar-refractivity contribution in [2.75, 3.05) is 12.9 Å². The van der Waals surface area contributed by atoms with Gasteiger partial charge in [0.05, 0.1) is 18.8 Å². The second kappa shape index (κ2) is 8.03. The van der Waals surface area contributed by atoms with Crippen LogP contribution in [0.5, 0.6) is 0 Å². The average Bonchev–Trinajstić information content (AvgIpc) is 3.09. The lowest BCUT2D eigenvalue weighted by Crippen LogP contribution is -2.11. The van der Waals surface area contributed by atoms with Crippen molar-refractivity contribution in [1.29, 1.82) is 0 Å². The molecule has 0 aliphatic heterocycles. The van der Waals surface area contributed by atoms with E-state index in [0.717, 1.165) is 16.5 Å². The zero-order valence-electron chi connectivity index (χ0n) is 13.9. The van der Waals surface area contributed by atoms with E-state index in [0.29, 0.717) is 11.3 Å². The van der Waals surface area contributed by atoms with Crippen LogP contribution in [0.15, 0.2) is 60.8 Å². The molecule has 0 saturated heterocycles. The summed E-state index contributed by atoms with van der Waals surface area (Å²) in [7, 11) is 1.37. The van der Waals surface area contributed by atoms with Crippen LogP contribution in [-0.2, 0) is 9.53 Å². The number of carbonyl (C=O) groups excluding carboxylic acids is 2. The molecule has 4 nitrogen and oxygen atoms in total. The van der Waals surface area contributed by atoms with Gasteiger partial charge in [-0.3, -0.25) is 9.59 Å². The fourth-order valence-electron chi connectivity index (χ4n) is 2.73. The van der Waals surface area contributed by atoms with Crippen molar-refractivity contribution >= 4 is 34.4 Å². The smallest absolute Gasteiger partial charge is 0.306 e. The summed E-state index contributed by atoms with van der Waals surface area (Å²) >= 11 is 1.47. The van der Waals surface area contributed by atoms with Crippen LogP contribution in [0.25, 0.3) is 10.9 Å². The van der Waals surface area contributed by atoms with Gasteiger partial charge >= 0.3 is 5.97 Å². The zero-order chi connectivity index (χ0) is 17.6. The van der Waals surface area contributed by atoms with Crippen LogP contribution in [0.3, 0.4) is 0 Å². The fraction of sp³-hybridized carbons (Fsp3) is 0.200. The van der Waals surface area contributed by atoms with E-state index >= 15 is 0 Å². The summed E-state index contributed by atoms with van der Waals surface area (Å²) in [5, 5.41) is 0.562. The quantitative estimate of drug-likeness (QED) is 0.505. The molecule has 3 rings (SSSR count). The molecule has 0 aliphatic carbocycles. The summed E-state index contributed by atoms with van der Waals surface area (Å²) in [4.78, 5) is 27.7. The van der Waals surface area contributed by atoms with E-state index in [1.165, 1.54) is 18.9 Å². The number of hydrogen-bond acceptors (Lipinski definition) is 4. The summed E-state index contributed by atoms with van der Waals surface area (Å²) in [6.07, 6.45) is 2.05. The highest BCUT2D eigenvalue weighted by atomic mass is 32.2. The van der Waals surface area contributed by atoms with E-state index in [1.807, 2.05) is 54.6 Å². The van der Waals surface area contributed by atoms with E-state index in [4.69, 9.17) is 0 Å². The van der Waals surface area contributed by atoms with Crippen LogP contribution in [0, 0.1) is 0 Å². The van der Waals surface area contributed by atoms with Crippen molar-refractivity contribution in [2.24, 2.45) is 0 Å². The third kappa shape index (κ3) is 3.94. The topological polar surface area (TPSA) is 59.2 Å². The maximum Gasteiger partial charge on any atom is 0.306 e. The van der Waals surface area contributed by atoms with Gasteiger partial charge in [-0.05, 0) is 11.6 Å². The fourth-order valence-corrected chi connectivity index (χ4v) is 3.88. The third-order valence-corrected chi connectivity index (χ3v) is 5.27. The first kappa shape index (κ1) is 17.3. The molecule has 0 spiro atoms. The Bertz CT molecular complexity index is 873. The maximum atomic E-state index is 13.2. The molecule has 5 heteroatoms. The molecule has 1 heterocycles. The normalized spacial score (nSPS) is 12.0. The molecule has 0 amide bonds. The highest BCUT2D eigenvalue weighted by molar-refractivity contribution is 8.00. The number of methoxy groups -OCH3 is 1. The predicted octanol–water partition coefficient (Wildman–Crippen LogP) is 4.39. The number of hydrogen-bond donors (Lipinski definition) is 1. The number of carbonyl (C=O) groups is 2. The number of esters is 1. The Morgan fingerprint density at radius 3 is 2.56 bits per heavy atom. The molecule has 0 fully saturated rings. The van der Waals surface area contributed by atoms with Crippen LogP contribution in [-0.4, -0.2) is 29.6 Å². The second-order valence-electron chi connectivity index (χ2n) is 5.60. The molecule has 0 saturated carbocycles. The lowest BCUT2D eigenvalue weighted by molar-refractivity contribution is -0.140. The first-order valence-electron chi connectivity index (χ1n) is 8.04. The Labute approximate surface area is 150 Å². The molecule has 3 aromatic rings. The summed E-state index contributed by atoms with van der Waals surface area (Å²) in [5.41, 5.74) is 2.56. The number of ether oxygens (including phenoxy) is 1. The van der Waals surface area contributed by atoms with Gasteiger partial charge in [0.25, 0.3) is 0 Å². The van der Waals surface area contributed by atoms with Gasteiger partial charge in [-0.25, -0.2) is 0 Å². The van der Waals surface area contributed by atoms with Gasteiger partial charge < -0.3 is 9.72 Å². The second-order valence-corrected chi connectivity index (χ2v) is 6.81. The number of ketones is 1. The minimum absolute atomic E-state index is 0.0403. The van der Waals surface area contributed by atoms with Gasteiger partial charge in [-0.2, -0.15) is 0 Å². The number of H-pyrrole nitrogens is 1. The van der Waals surface area contributed by atoms with Crippen molar-refractivity contribution in [2.45, 2.75) is 11.7 Å². The number of fused-ring (bicyclic) bond motifs is 1. The van der Waals surface area contributed by atoms with Crippen molar-refractivity contribution in [1.82, 2.24) is 4.98 Å². The number of para-hydroxylation sites is 1. The molecular weight excluding hydrogens is 334 g/mol. The molecule has 0 aliphatic rings. The molecule has 25 heavy (non-hydrogen) atoms. The lowest BCUT2D eigenvalue weighted by atomic mass is 10.0. The first-order chi connectivity index (χ1) is 12.2. The van der Waals surface area contributed by atoms with Crippen LogP contribution in [0.1, 0.15) is 27.6 Å². The van der Waals surface area contributed by atoms with Crippen LogP contribution >= 0.6 is 11.8 Å². The van der Waals surface area contributed by atoms with Crippen LogP contribution in [0.2, 0.25) is 0 Å². The van der Waals surface area contributed by atoms with Crippen molar-refractivity contribution < 1.29 is 14.3 Å².